The first-order valence-electron chi connectivity index (χ1n) is 7.08. The van der Waals surface area contributed by atoms with Crippen molar-refractivity contribution in [2.24, 2.45) is 5.41 Å². The lowest BCUT2D eigenvalue weighted by Gasteiger charge is -2.39. The molecule has 3 heteroatoms. The van der Waals surface area contributed by atoms with E-state index in [1.807, 2.05) is 38.4 Å². The van der Waals surface area contributed by atoms with Crippen LogP contribution < -0.4 is 0 Å². The summed E-state index contributed by atoms with van der Waals surface area (Å²) in [6.45, 7) is 4.96. The second kappa shape index (κ2) is 5.51. The van der Waals surface area contributed by atoms with E-state index in [4.69, 9.17) is 11.6 Å². The molecular weight excluding hydrogens is 270 g/mol. The van der Waals surface area contributed by atoms with Crippen LogP contribution in [0.2, 0.25) is 5.02 Å². The van der Waals surface area contributed by atoms with Crippen molar-refractivity contribution >= 4 is 17.7 Å². The van der Waals surface area contributed by atoms with E-state index in [-0.39, 0.29) is 5.41 Å². The van der Waals surface area contributed by atoms with Crippen molar-refractivity contribution in [3.8, 4) is 0 Å². The van der Waals surface area contributed by atoms with Crippen LogP contribution in [0.3, 0.4) is 0 Å². The Hall–Kier alpha value is -0.830. The lowest BCUT2D eigenvalue weighted by Crippen LogP contribution is -2.49. The average Bonchev–Trinajstić information content (AvgIpc) is 2.55. The number of halogens is 1. The average molecular weight is 294 g/mol. The lowest BCUT2D eigenvalue weighted by atomic mass is 9.75. The van der Waals surface area contributed by atoms with Crippen LogP contribution in [0, 0.1) is 5.41 Å². The molecule has 1 atom stereocenters. The fourth-order valence-electron chi connectivity index (χ4n) is 3.02. The standard InChI is InChI=1S/C17H24ClNO/c1-16(2)10-9-14(17(16,20)12-19(3)4)11-13-5-7-15(18)8-6-13/h5-8,11,20H,9-10,12H2,1-4H3/t17-/m0/s1. The van der Waals surface area contributed by atoms with Gasteiger partial charge in [-0.25, -0.2) is 0 Å². The molecule has 1 saturated carbocycles. The Morgan fingerprint density at radius 3 is 2.40 bits per heavy atom. The van der Waals surface area contributed by atoms with Gasteiger partial charge in [-0.15, -0.1) is 0 Å². The van der Waals surface area contributed by atoms with Gasteiger partial charge in [0.2, 0.25) is 0 Å². The molecular formula is C17H24ClNO. The summed E-state index contributed by atoms with van der Waals surface area (Å²) in [4.78, 5) is 2.06. The highest BCUT2D eigenvalue weighted by molar-refractivity contribution is 6.30. The van der Waals surface area contributed by atoms with Crippen LogP contribution in [-0.4, -0.2) is 36.2 Å². The van der Waals surface area contributed by atoms with Crippen molar-refractivity contribution in [3.63, 3.8) is 0 Å². The van der Waals surface area contributed by atoms with Gasteiger partial charge in [0.05, 0.1) is 0 Å². The van der Waals surface area contributed by atoms with Crippen LogP contribution in [0.4, 0.5) is 0 Å². The summed E-state index contributed by atoms with van der Waals surface area (Å²) in [7, 11) is 4.01. The van der Waals surface area contributed by atoms with E-state index in [0.29, 0.717) is 6.54 Å². The molecule has 0 bridgehead atoms. The zero-order valence-corrected chi connectivity index (χ0v) is 13.5. The molecule has 0 amide bonds. The maximum atomic E-state index is 11.2. The van der Waals surface area contributed by atoms with Crippen molar-refractivity contribution in [1.82, 2.24) is 4.90 Å². The number of aliphatic hydroxyl groups is 1. The lowest BCUT2D eigenvalue weighted by molar-refractivity contribution is -0.0308. The zero-order chi connectivity index (χ0) is 15.0. The number of hydrogen-bond donors (Lipinski definition) is 1. The summed E-state index contributed by atoms with van der Waals surface area (Å²) in [6.07, 6.45) is 4.07. The predicted octanol–water partition coefficient (Wildman–Crippen LogP) is 3.84. The molecule has 0 heterocycles. The van der Waals surface area contributed by atoms with E-state index in [1.165, 1.54) is 0 Å². The Kier molecular flexibility index (Phi) is 4.29. The second-order valence-electron chi connectivity index (χ2n) is 6.70. The highest BCUT2D eigenvalue weighted by atomic mass is 35.5. The predicted molar refractivity (Wildman–Crippen MR) is 85.9 cm³/mol. The summed E-state index contributed by atoms with van der Waals surface area (Å²) < 4.78 is 0. The first-order chi connectivity index (χ1) is 9.24. The van der Waals surface area contributed by atoms with Crippen molar-refractivity contribution < 1.29 is 5.11 Å². The van der Waals surface area contributed by atoms with E-state index in [2.05, 4.69) is 24.8 Å². The molecule has 1 aromatic carbocycles. The Morgan fingerprint density at radius 2 is 1.85 bits per heavy atom. The van der Waals surface area contributed by atoms with Gasteiger partial charge in [-0.3, -0.25) is 0 Å². The Balaban J connectivity index is 2.37. The van der Waals surface area contributed by atoms with E-state index >= 15 is 0 Å². The van der Waals surface area contributed by atoms with Gasteiger partial charge in [-0.1, -0.05) is 43.7 Å². The van der Waals surface area contributed by atoms with Gasteiger partial charge in [0.25, 0.3) is 0 Å². The van der Waals surface area contributed by atoms with Gasteiger partial charge >= 0.3 is 0 Å². The number of nitrogens with zero attached hydrogens (tertiary/aromatic N) is 1. The number of hydrogen-bond acceptors (Lipinski definition) is 2. The van der Waals surface area contributed by atoms with Crippen LogP contribution in [-0.2, 0) is 0 Å². The molecule has 1 N–H and O–H groups in total. The van der Waals surface area contributed by atoms with E-state index in [1.54, 1.807) is 0 Å². The smallest absolute Gasteiger partial charge is 0.104 e. The van der Waals surface area contributed by atoms with Crippen LogP contribution in [0.5, 0.6) is 0 Å². The molecule has 0 aliphatic heterocycles. The van der Waals surface area contributed by atoms with Gasteiger partial charge in [0.1, 0.15) is 5.60 Å². The van der Waals surface area contributed by atoms with Gasteiger partial charge in [0, 0.05) is 11.6 Å². The molecule has 0 radical (unpaired) electrons. The number of likely N-dealkylation sites (N-methyl/N-ethyl adjacent to an activating group) is 1. The maximum absolute atomic E-state index is 11.2. The quantitative estimate of drug-likeness (QED) is 0.915. The monoisotopic (exact) mass is 293 g/mol. The van der Waals surface area contributed by atoms with Gasteiger partial charge < -0.3 is 10.0 Å². The van der Waals surface area contributed by atoms with Crippen molar-refractivity contribution in [1.29, 1.82) is 0 Å². The third kappa shape index (κ3) is 2.93. The minimum Gasteiger partial charge on any atom is -0.384 e. The first kappa shape index (κ1) is 15.6. The zero-order valence-electron chi connectivity index (χ0n) is 12.8. The third-order valence-corrected chi connectivity index (χ3v) is 4.68. The maximum Gasteiger partial charge on any atom is 0.104 e. The molecule has 1 fully saturated rings. The summed E-state index contributed by atoms with van der Waals surface area (Å²) in [6, 6.07) is 7.77. The molecule has 1 aliphatic carbocycles. The minimum atomic E-state index is -0.768. The van der Waals surface area contributed by atoms with Crippen LogP contribution in [0.1, 0.15) is 32.3 Å². The SMILES string of the molecule is CN(C)C[C@]1(O)C(=Cc2ccc(Cl)cc2)CCC1(C)C. The second-order valence-corrected chi connectivity index (χ2v) is 7.14. The summed E-state index contributed by atoms with van der Waals surface area (Å²) >= 11 is 5.92. The minimum absolute atomic E-state index is 0.102. The molecule has 1 aromatic rings. The Labute approximate surface area is 127 Å². The topological polar surface area (TPSA) is 23.5 Å². The molecule has 2 rings (SSSR count). The molecule has 0 saturated heterocycles. The first-order valence-corrected chi connectivity index (χ1v) is 7.46. The van der Waals surface area contributed by atoms with Crippen molar-refractivity contribution in [3.05, 3.63) is 40.4 Å². The fourth-order valence-corrected chi connectivity index (χ4v) is 3.15. The largest absolute Gasteiger partial charge is 0.384 e. The molecule has 0 unspecified atom stereocenters. The summed E-state index contributed by atoms with van der Waals surface area (Å²) in [5, 5.41) is 12.0. The van der Waals surface area contributed by atoms with Crippen LogP contribution in [0.15, 0.2) is 29.8 Å². The Morgan fingerprint density at radius 1 is 1.25 bits per heavy atom. The van der Waals surface area contributed by atoms with Gasteiger partial charge in [-0.05, 0) is 55.6 Å². The Bertz CT molecular complexity index is 504. The molecule has 0 spiro atoms. The van der Waals surface area contributed by atoms with E-state index in [0.717, 1.165) is 29.0 Å². The molecule has 1 aliphatic rings. The number of benzene rings is 1. The summed E-state index contributed by atoms with van der Waals surface area (Å²) in [5.74, 6) is 0. The van der Waals surface area contributed by atoms with E-state index < -0.39 is 5.60 Å². The highest BCUT2D eigenvalue weighted by Gasteiger charge is 2.50. The van der Waals surface area contributed by atoms with Crippen molar-refractivity contribution in [2.45, 2.75) is 32.3 Å². The molecule has 0 aromatic heterocycles. The molecule has 20 heavy (non-hydrogen) atoms. The van der Waals surface area contributed by atoms with Crippen molar-refractivity contribution in [2.75, 3.05) is 20.6 Å². The number of rotatable bonds is 3. The van der Waals surface area contributed by atoms with Gasteiger partial charge in [0.15, 0.2) is 0 Å². The van der Waals surface area contributed by atoms with Crippen LogP contribution in [0.25, 0.3) is 6.08 Å². The molecule has 110 valence electrons. The normalized spacial score (nSPS) is 27.4. The summed E-state index contributed by atoms with van der Waals surface area (Å²) in [5.41, 5.74) is 1.35. The van der Waals surface area contributed by atoms with Crippen LogP contribution >= 0.6 is 11.6 Å². The van der Waals surface area contributed by atoms with E-state index in [9.17, 15) is 5.11 Å². The highest BCUT2D eigenvalue weighted by Crippen LogP contribution is 2.50. The third-order valence-electron chi connectivity index (χ3n) is 4.43. The fraction of sp³-hybridized carbons (Fsp3) is 0.529. The molecule has 2 nitrogen and oxygen atoms in total. The van der Waals surface area contributed by atoms with Gasteiger partial charge in [-0.2, -0.15) is 0 Å².